The van der Waals surface area contributed by atoms with Gasteiger partial charge < -0.3 is 5.32 Å². The molecule has 0 amide bonds. The maximum absolute atomic E-state index is 4.38. The molecule has 2 aromatic heterocycles. The number of thiophene rings is 1. The van der Waals surface area contributed by atoms with E-state index in [0.717, 1.165) is 24.6 Å². The molecule has 19 heavy (non-hydrogen) atoms. The monoisotopic (exact) mass is 295 g/mol. The molecule has 0 fully saturated rings. The van der Waals surface area contributed by atoms with Gasteiger partial charge in [-0.3, -0.25) is 4.90 Å². The lowest BCUT2D eigenvalue weighted by Gasteiger charge is -2.23. The number of nitrogens with zero attached hydrogens (tertiary/aromatic N) is 2. The van der Waals surface area contributed by atoms with E-state index in [2.05, 4.69) is 53.6 Å². The summed E-state index contributed by atoms with van der Waals surface area (Å²) in [6.45, 7) is 6.27. The Morgan fingerprint density at radius 3 is 2.95 bits per heavy atom. The minimum Gasteiger partial charge on any atom is -0.362 e. The minimum atomic E-state index is 0.545. The second-order valence-electron chi connectivity index (χ2n) is 4.71. The van der Waals surface area contributed by atoms with Crippen molar-refractivity contribution in [2.45, 2.75) is 32.9 Å². The third-order valence-corrected chi connectivity index (χ3v) is 4.95. The molecule has 0 aliphatic heterocycles. The molecule has 1 unspecified atom stereocenters. The Morgan fingerprint density at radius 1 is 1.42 bits per heavy atom. The third kappa shape index (κ3) is 4.30. The second-order valence-corrected chi connectivity index (χ2v) is 6.86. The van der Waals surface area contributed by atoms with Crippen LogP contribution in [0.1, 0.15) is 23.6 Å². The zero-order valence-electron chi connectivity index (χ0n) is 11.7. The summed E-state index contributed by atoms with van der Waals surface area (Å²) in [5, 5.41) is 6.43. The minimum absolute atomic E-state index is 0.545. The van der Waals surface area contributed by atoms with Crippen LogP contribution in [0.5, 0.6) is 0 Å². The highest BCUT2D eigenvalue weighted by atomic mass is 32.1. The first-order valence-corrected chi connectivity index (χ1v) is 8.30. The Hall–Kier alpha value is -0.910. The predicted octanol–water partition coefficient (Wildman–Crippen LogP) is 3.70. The van der Waals surface area contributed by atoms with Gasteiger partial charge in [0.15, 0.2) is 5.13 Å². The fraction of sp³-hybridized carbons (Fsp3) is 0.500. The van der Waals surface area contributed by atoms with E-state index in [-0.39, 0.29) is 0 Å². The van der Waals surface area contributed by atoms with Crippen molar-refractivity contribution in [2.75, 3.05) is 18.9 Å². The fourth-order valence-corrected chi connectivity index (χ4v) is 3.66. The highest BCUT2D eigenvalue weighted by molar-refractivity contribution is 7.15. The molecule has 0 aliphatic rings. The molecule has 2 heterocycles. The molecule has 3 nitrogen and oxygen atoms in total. The van der Waals surface area contributed by atoms with Crippen LogP contribution in [-0.4, -0.2) is 29.5 Å². The van der Waals surface area contributed by atoms with Crippen molar-refractivity contribution in [3.8, 4) is 0 Å². The average Bonchev–Trinajstić information content (AvgIpc) is 3.02. The maximum atomic E-state index is 4.38. The number of thiazole rings is 1. The lowest BCUT2D eigenvalue weighted by atomic mass is 10.2. The van der Waals surface area contributed by atoms with Gasteiger partial charge >= 0.3 is 0 Å². The van der Waals surface area contributed by atoms with Crippen molar-refractivity contribution in [1.29, 1.82) is 0 Å². The molecule has 0 spiro atoms. The van der Waals surface area contributed by atoms with Crippen molar-refractivity contribution in [1.82, 2.24) is 9.88 Å². The molecule has 1 atom stereocenters. The fourth-order valence-electron chi connectivity index (χ4n) is 1.89. The van der Waals surface area contributed by atoms with Gasteiger partial charge in [-0.25, -0.2) is 4.98 Å². The van der Waals surface area contributed by atoms with E-state index in [0.29, 0.717) is 6.04 Å². The van der Waals surface area contributed by atoms with Gasteiger partial charge in [0.25, 0.3) is 0 Å². The molecule has 104 valence electrons. The second kappa shape index (κ2) is 7.03. The number of nitrogens with one attached hydrogen (secondary N) is 1. The molecule has 0 aromatic carbocycles. The summed E-state index contributed by atoms with van der Waals surface area (Å²) in [4.78, 5) is 9.54. The Morgan fingerprint density at radius 2 is 2.26 bits per heavy atom. The van der Waals surface area contributed by atoms with E-state index in [1.807, 2.05) is 17.5 Å². The SMILES string of the molecule is CCNc1ncc(CN(C)C(C)Cc2cccs2)s1. The lowest BCUT2D eigenvalue weighted by Crippen LogP contribution is -2.29. The van der Waals surface area contributed by atoms with Crippen molar-refractivity contribution in [2.24, 2.45) is 0 Å². The van der Waals surface area contributed by atoms with Crippen LogP contribution in [0.2, 0.25) is 0 Å². The molecule has 0 radical (unpaired) electrons. The van der Waals surface area contributed by atoms with Crippen LogP contribution in [0.15, 0.2) is 23.7 Å². The van der Waals surface area contributed by atoms with E-state index in [4.69, 9.17) is 0 Å². The summed E-state index contributed by atoms with van der Waals surface area (Å²) in [5.74, 6) is 0. The Labute approximate surface area is 123 Å². The van der Waals surface area contributed by atoms with Gasteiger partial charge in [-0.05, 0) is 38.8 Å². The van der Waals surface area contributed by atoms with Crippen molar-refractivity contribution < 1.29 is 0 Å². The Kier molecular flexibility index (Phi) is 5.36. The molecular weight excluding hydrogens is 274 g/mol. The number of anilines is 1. The van der Waals surface area contributed by atoms with Gasteiger partial charge in [0.05, 0.1) is 0 Å². The Bertz CT molecular complexity index is 479. The number of hydrogen-bond donors (Lipinski definition) is 1. The van der Waals surface area contributed by atoms with Gasteiger partial charge in [0.2, 0.25) is 0 Å². The van der Waals surface area contributed by atoms with Crippen molar-refractivity contribution in [3.05, 3.63) is 33.5 Å². The van der Waals surface area contributed by atoms with Gasteiger partial charge in [-0.1, -0.05) is 6.07 Å². The van der Waals surface area contributed by atoms with E-state index >= 15 is 0 Å². The normalized spacial score (nSPS) is 12.8. The largest absolute Gasteiger partial charge is 0.362 e. The van der Waals surface area contributed by atoms with Crippen LogP contribution >= 0.6 is 22.7 Å². The molecule has 2 rings (SSSR count). The van der Waals surface area contributed by atoms with Crippen LogP contribution in [0.25, 0.3) is 0 Å². The van der Waals surface area contributed by atoms with Crippen LogP contribution in [-0.2, 0) is 13.0 Å². The summed E-state index contributed by atoms with van der Waals surface area (Å²) in [5.41, 5.74) is 0. The van der Waals surface area contributed by atoms with E-state index in [1.54, 1.807) is 11.3 Å². The highest BCUT2D eigenvalue weighted by Crippen LogP contribution is 2.21. The first kappa shape index (κ1) is 14.5. The van der Waals surface area contributed by atoms with Crippen molar-refractivity contribution in [3.63, 3.8) is 0 Å². The first-order valence-electron chi connectivity index (χ1n) is 6.60. The zero-order valence-corrected chi connectivity index (χ0v) is 13.4. The smallest absolute Gasteiger partial charge is 0.182 e. The molecule has 2 aromatic rings. The molecule has 0 bridgehead atoms. The van der Waals surface area contributed by atoms with E-state index in [9.17, 15) is 0 Å². The predicted molar refractivity (Wildman–Crippen MR) is 85.2 cm³/mol. The van der Waals surface area contributed by atoms with Gasteiger partial charge in [-0.15, -0.1) is 22.7 Å². The Balaban J connectivity index is 1.86. The molecular formula is C14H21N3S2. The number of rotatable bonds is 7. The quantitative estimate of drug-likeness (QED) is 0.844. The molecule has 5 heteroatoms. The molecule has 1 N–H and O–H groups in total. The standard InChI is InChI=1S/C14H21N3S2/c1-4-15-14-16-9-13(19-14)10-17(3)11(2)8-12-6-5-7-18-12/h5-7,9,11H,4,8,10H2,1-3H3,(H,15,16). The zero-order chi connectivity index (χ0) is 13.7. The van der Waals surface area contributed by atoms with Crippen molar-refractivity contribution >= 4 is 27.8 Å². The van der Waals surface area contributed by atoms with Gasteiger partial charge in [0.1, 0.15) is 0 Å². The van der Waals surface area contributed by atoms with Crippen LogP contribution in [0, 0.1) is 0 Å². The van der Waals surface area contributed by atoms with Gasteiger partial charge in [-0.2, -0.15) is 0 Å². The molecule has 0 saturated carbocycles. The van der Waals surface area contributed by atoms with E-state index < -0.39 is 0 Å². The molecule has 0 aliphatic carbocycles. The van der Waals surface area contributed by atoms with Crippen LogP contribution in [0.3, 0.4) is 0 Å². The summed E-state index contributed by atoms with van der Waals surface area (Å²) in [6.07, 6.45) is 3.10. The van der Waals surface area contributed by atoms with E-state index in [1.165, 1.54) is 9.75 Å². The lowest BCUT2D eigenvalue weighted by molar-refractivity contribution is 0.251. The van der Waals surface area contributed by atoms with Crippen LogP contribution < -0.4 is 5.32 Å². The summed E-state index contributed by atoms with van der Waals surface area (Å²) in [7, 11) is 2.19. The van der Waals surface area contributed by atoms with Gasteiger partial charge in [0, 0.05) is 35.1 Å². The highest BCUT2D eigenvalue weighted by Gasteiger charge is 2.12. The first-order chi connectivity index (χ1) is 9.19. The average molecular weight is 295 g/mol. The molecule has 0 saturated heterocycles. The number of aromatic nitrogens is 1. The number of likely N-dealkylation sites (N-methyl/N-ethyl adjacent to an activating group) is 1. The maximum Gasteiger partial charge on any atom is 0.182 e. The topological polar surface area (TPSA) is 28.2 Å². The number of hydrogen-bond acceptors (Lipinski definition) is 5. The third-order valence-electron chi connectivity index (χ3n) is 3.12. The summed E-state index contributed by atoms with van der Waals surface area (Å²) in [6, 6.07) is 4.88. The summed E-state index contributed by atoms with van der Waals surface area (Å²) >= 11 is 3.59. The van der Waals surface area contributed by atoms with Crippen LogP contribution in [0.4, 0.5) is 5.13 Å². The summed E-state index contributed by atoms with van der Waals surface area (Å²) < 4.78 is 0.